The summed E-state index contributed by atoms with van der Waals surface area (Å²) in [6.45, 7) is 9.83. The molecule has 36 heavy (non-hydrogen) atoms. The topological polar surface area (TPSA) is 79.7 Å². The average molecular weight is 485 g/mol. The Hall–Kier alpha value is -3.32. The second-order valence-corrected chi connectivity index (χ2v) is 10.6. The molecule has 188 valence electrons. The molecule has 0 spiro atoms. The number of benzene rings is 2. The second-order valence-electron chi connectivity index (χ2n) is 10.6. The molecule has 2 aromatic carbocycles. The van der Waals surface area contributed by atoms with E-state index in [-0.39, 0.29) is 17.5 Å². The van der Waals surface area contributed by atoms with Crippen LogP contribution in [0.4, 0.5) is 0 Å². The van der Waals surface area contributed by atoms with Gasteiger partial charge < -0.3 is 4.98 Å². The van der Waals surface area contributed by atoms with Gasteiger partial charge in [0.05, 0.1) is 12.6 Å². The highest BCUT2D eigenvalue weighted by molar-refractivity contribution is 5.83. The standard InChI is InChI=1S/C29H36N6O/c1-19(2)27(28-31-32-33-35(28)17-22-10-6-5-7-11-22)34(24-12-8-9-13-24)18-23-16-25-21(4)14-20(3)15-26(25)30-29(23)36/h5-7,10-11,14-16,19,24,27H,8-9,12-13,17-18H2,1-4H3,(H,30,36)/t27-/m1/s1. The molecule has 7 heteroatoms. The van der Waals surface area contributed by atoms with Gasteiger partial charge >= 0.3 is 0 Å². The third kappa shape index (κ3) is 4.98. The summed E-state index contributed by atoms with van der Waals surface area (Å²) >= 11 is 0. The van der Waals surface area contributed by atoms with Crippen LogP contribution < -0.4 is 5.56 Å². The number of nitrogens with zero attached hydrogens (tertiary/aromatic N) is 5. The van der Waals surface area contributed by atoms with Crippen molar-refractivity contribution < 1.29 is 0 Å². The third-order valence-electron chi connectivity index (χ3n) is 7.52. The van der Waals surface area contributed by atoms with E-state index >= 15 is 0 Å². The maximum atomic E-state index is 13.3. The summed E-state index contributed by atoms with van der Waals surface area (Å²) in [7, 11) is 0. The van der Waals surface area contributed by atoms with Crippen LogP contribution in [0.5, 0.6) is 0 Å². The molecule has 0 radical (unpaired) electrons. The van der Waals surface area contributed by atoms with Crippen LogP contribution >= 0.6 is 0 Å². The van der Waals surface area contributed by atoms with E-state index < -0.39 is 0 Å². The van der Waals surface area contributed by atoms with Crippen LogP contribution in [0.15, 0.2) is 53.3 Å². The van der Waals surface area contributed by atoms with E-state index in [1.807, 2.05) is 22.9 Å². The summed E-state index contributed by atoms with van der Waals surface area (Å²) in [5.74, 6) is 1.14. The van der Waals surface area contributed by atoms with E-state index in [0.29, 0.717) is 19.1 Å². The van der Waals surface area contributed by atoms with E-state index in [1.165, 1.54) is 18.4 Å². The largest absolute Gasteiger partial charge is 0.322 e. The number of rotatable bonds is 8. The lowest BCUT2D eigenvalue weighted by molar-refractivity contribution is 0.0844. The molecule has 5 rings (SSSR count). The lowest BCUT2D eigenvalue weighted by Crippen LogP contribution is -2.41. The number of aromatic nitrogens is 5. The number of hydrogen-bond acceptors (Lipinski definition) is 5. The van der Waals surface area contributed by atoms with E-state index in [4.69, 9.17) is 0 Å². The molecule has 0 saturated heterocycles. The van der Waals surface area contributed by atoms with Crippen LogP contribution in [-0.2, 0) is 13.1 Å². The molecule has 1 aliphatic rings. The van der Waals surface area contributed by atoms with Gasteiger partial charge in [-0.05, 0) is 71.9 Å². The smallest absolute Gasteiger partial charge is 0.252 e. The molecule has 2 aromatic heterocycles. The first kappa shape index (κ1) is 24.4. The number of fused-ring (bicyclic) bond motifs is 1. The van der Waals surface area contributed by atoms with E-state index in [2.05, 4.69) is 83.4 Å². The first-order valence-corrected chi connectivity index (χ1v) is 13.1. The van der Waals surface area contributed by atoms with Crippen LogP contribution in [0, 0.1) is 19.8 Å². The molecule has 1 atom stereocenters. The number of aromatic amines is 1. The summed E-state index contributed by atoms with van der Waals surface area (Å²) in [6.07, 6.45) is 4.70. The summed E-state index contributed by atoms with van der Waals surface area (Å²) in [6, 6.07) is 17.0. The van der Waals surface area contributed by atoms with Gasteiger partial charge in [0.25, 0.3) is 5.56 Å². The Morgan fingerprint density at radius 2 is 1.83 bits per heavy atom. The molecule has 2 heterocycles. The predicted octanol–water partition coefficient (Wildman–Crippen LogP) is 5.32. The van der Waals surface area contributed by atoms with Crippen molar-refractivity contribution in [2.45, 2.75) is 78.6 Å². The molecule has 0 aliphatic heterocycles. The number of hydrogen-bond donors (Lipinski definition) is 1. The molecule has 7 nitrogen and oxygen atoms in total. The molecule has 1 aliphatic carbocycles. The predicted molar refractivity (Wildman–Crippen MR) is 143 cm³/mol. The molecule has 4 aromatic rings. The molecular formula is C29H36N6O. The van der Waals surface area contributed by atoms with Crippen LogP contribution in [0.3, 0.4) is 0 Å². The van der Waals surface area contributed by atoms with Crippen molar-refractivity contribution in [3.63, 3.8) is 0 Å². The first-order valence-electron chi connectivity index (χ1n) is 13.1. The van der Waals surface area contributed by atoms with Crippen molar-refractivity contribution in [2.24, 2.45) is 5.92 Å². The van der Waals surface area contributed by atoms with Crippen LogP contribution in [0.25, 0.3) is 10.9 Å². The Labute approximate surface area is 212 Å². The van der Waals surface area contributed by atoms with E-state index in [1.54, 1.807) is 0 Å². The van der Waals surface area contributed by atoms with Crippen molar-refractivity contribution in [1.29, 1.82) is 0 Å². The fourth-order valence-electron chi connectivity index (χ4n) is 5.84. The highest BCUT2D eigenvalue weighted by Crippen LogP contribution is 2.36. The highest BCUT2D eigenvalue weighted by atomic mass is 16.1. The molecule has 0 bridgehead atoms. The molecular weight excluding hydrogens is 448 g/mol. The van der Waals surface area contributed by atoms with Gasteiger partial charge in [-0.3, -0.25) is 9.69 Å². The molecule has 0 unspecified atom stereocenters. The molecule has 1 N–H and O–H groups in total. The van der Waals surface area contributed by atoms with Crippen molar-refractivity contribution in [2.75, 3.05) is 0 Å². The Morgan fingerprint density at radius 1 is 1.08 bits per heavy atom. The third-order valence-corrected chi connectivity index (χ3v) is 7.52. The van der Waals surface area contributed by atoms with E-state index in [0.717, 1.165) is 46.3 Å². The minimum atomic E-state index is -0.0121. The van der Waals surface area contributed by atoms with Crippen LogP contribution in [-0.4, -0.2) is 36.1 Å². The number of aryl methyl sites for hydroxylation is 2. The van der Waals surface area contributed by atoms with Crippen molar-refractivity contribution in [3.05, 3.63) is 87.0 Å². The number of tetrazole rings is 1. The van der Waals surface area contributed by atoms with Crippen LogP contribution in [0.2, 0.25) is 0 Å². The molecule has 0 amide bonds. The molecule has 1 fully saturated rings. The fourth-order valence-corrected chi connectivity index (χ4v) is 5.84. The van der Waals surface area contributed by atoms with Crippen molar-refractivity contribution in [3.8, 4) is 0 Å². The second kappa shape index (κ2) is 10.3. The van der Waals surface area contributed by atoms with Gasteiger partial charge in [-0.25, -0.2) is 4.68 Å². The zero-order chi connectivity index (χ0) is 25.2. The maximum absolute atomic E-state index is 13.3. The van der Waals surface area contributed by atoms with Gasteiger partial charge in [0.1, 0.15) is 0 Å². The van der Waals surface area contributed by atoms with Crippen molar-refractivity contribution in [1.82, 2.24) is 30.1 Å². The van der Waals surface area contributed by atoms with Gasteiger partial charge in [0.15, 0.2) is 5.82 Å². The lowest BCUT2D eigenvalue weighted by Gasteiger charge is -2.38. The SMILES string of the molecule is Cc1cc(C)c2cc(CN(C3CCCC3)[C@@H](c3nnnn3Cc3ccccc3)C(C)C)c(=O)[nH]c2c1. The highest BCUT2D eigenvalue weighted by Gasteiger charge is 2.35. The lowest BCUT2D eigenvalue weighted by atomic mass is 9.97. The van der Waals surface area contributed by atoms with Crippen molar-refractivity contribution >= 4 is 10.9 Å². The van der Waals surface area contributed by atoms with Gasteiger partial charge in [-0.1, -0.05) is 63.1 Å². The Morgan fingerprint density at radius 3 is 2.56 bits per heavy atom. The summed E-state index contributed by atoms with van der Waals surface area (Å²) < 4.78 is 1.93. The minimum absolute atomic E-state index is 0.000948. The fraction of sp³-hybridized carbons (Fsp3) is 0.448. The number of pyridine rings is 1. The number of nitrogens with one attached hydrogen (secondary N) is 1. The monoisotopic (exact) mass is 484 g/mol. The number of H-pyrrole nitrogens is 1. The zero-order valence-corrected chi connectivity index (χ0v) is 21.7. The molecule has 1 saturated carbocycles. The van der Waals surface area contributed by atoms with Gasteiger partial charge in [-0.15, -0.1) is 5.10 Å². The zero-order valence-electron chi connectivity index (χ0n) is 21.7. The Balaban J connectivity index is 1.54. The summed E-state index contributed by atoms with van der Waals surface area (Å²) in [5, 5.41) is 14.1. The summed E-state index contributed by atoms with van der Waals surface area (Å²) in [5.41, 5.74) is 5.19. The minimum Gasteiger partial charge on any atom is -0.322 e. The Kier molecular flexibility index (Phi) is 7.01. The normalized spacial score (nSPS) is 15.4. The summed E-state index contributed by atoms with van der Waals surface area (Å²) in [4.78, 5) is 18.9. The van der Waals surface area contributed by atoms with E-state index in [9.17, 15) is 4.79 Å². The first-order chi connectivity index (χ1) is 17.4. The Bertz CT molecular complexity index is 1380. The maximum Gasteiger partial charge on any atom is 0.252 e. The quantitative estimate of drug-likeness (QED) is 0.366. The average Bonchev–Trinajstić information content (AvgIpc) is 3.52. The van der Waals surface area contributed by atoms with Gasteiger partial charge in [0.2, 0.25) is 0 Å². The van der Waals surface area contributed by atoms with Gasteiger partial charge in [0, 0.05) is 29.1 Å². The van der Waals surface area contributed by atoms with Crippen LogP contribution in [0.1, 0.15) is 73.7 Å². The van der Waals surface area contributed by atoms with Gasteiger partial charge in [-0.2, -0.15) is 0 Å².